The third-order valence-electron chi connectivity index (χ3n) is 15.7. The number of phenols is 1. The molecule has 0 amide bonds. The first-order valence-electron chi connectivity index (χ1n) is 23.6. The van der Waals surface area contributed by atoms with E-state index in [1.165, 1.54) is 39.0 Å². The fourth-order valence-corrected chi connectivity index (χ4v) is 12.0. The number of fused-ring (bicyclic) bond motifs is 7. The Morgan fingerprint density at radius 3 is 2.12 bits per heavy atom. The van der Waals surface area contributed by atoms with Gasteiger partial charge in [0.15, 0.2) is 34.5 Å². The minimum atomic E-state index is -0.100. The Balaban J connectivity index is 0.000000211. The summed E-state index contributed by atoms with van der Waals surface area (Å²) in [5.74, 6) is 7.17. The molecule has 0 aromatic heterocycles. The molecular weight excluding hydrogens is 829 g/mol. The number of Topliss-reactive ketones (excluding diaryl/α,β-unsaturated/α-hetero) is 1. The largest absolute Gasteiger partial charge is 0.508 e. The maximum absolute atomic E-state index is 12.2. The summed E-state index contributed by atoms with van der Waals surface area (Å²) < 4.78 is 37.1. The van der Waals surface area contributed by atoms with Gasteiger partial charge in [-0.1, -0.05) is 42.8 Å². The normalized spacial score (nSPS) is 24.0. The molecule has 2 saturated carbocycles. The second-order valence-corrected chi connectivity index (χ2v) is 19.3. The predicted octanol–water partition coefficient (Wildman–Crippen LogP) is 10.9. The predicted molar refractivity (Wildman–Crippen MR) is 255 cm³/mol. The fourth-order valence-electron chi connectivity index (χ4n) is 12.0. The highest BCUT2D eigenvalue weighted by molar-refractivity contribution is 5.88. The van der Waals surface area contributed by atoms with E-state index in [4.69, 9.17) is 28.4 Å². The SMILES string of the molecule is CC12CCC3C(=CCc4cc(O)ccc43)C1CCC2=O.COc1ccc2cc1Oc1ccc(cc1)CC1c3cc(c(OC)cc3CCN1C)Oc1c(OC)c(OC)cc3c1C(C2)N(C)CC3. The van der Waals surface area contributed by atoms with Crippen molar-refractivity contribution in [1.82, 2.24) is 9.80 Å². The monoisotopic (exact) mass is 890 g/mol. The quantitative estimate of drug-likeness (QED) is 0.176. The average molecular weight is 891 g/mol. The molecule has 1 N–H and O–H groups in total. The summed E-state index contributed by atoms with van der Waals surface area (Å²) in [5.41, 5.74) is 11.2. The molecule has 0 spiro atoms. The van der Waals surface area contributed by atoms with E-state index in [0.29, 0.717) is 63.6 Å². The van der Waals surface area contributed by atoms with E-state index in [1.54, 1.807) is 34.5 Å². The van der Waals surface area contributed by atoms with Gasteiger partial charge in [0.05, 0.1) is 28.4 Å². The van der Waals surface area contributed by atoms with E-state index in [-0.39, 0.29) is 17.5 Å². The van der Waals surface area contributed by atoms with Gasteiger partial charge in [-0.05, 0) is 165 Å². The molecule has 66 heavy (non-hydrogen) atoms. The molecule has 2 fully saturated rings. The molecule has 7 aliphatic rings. The Kier molecular flexibility index (Phi) is 11.8. The van der Waals surface area contributed by atoms with Gasteiger partial charge in [-0.3, -0.25) is 14.6 Å². The lowest BCUT2D eigenvalue weighted by Gasteiger charge is -2.43. The number of rotatable bonds is 4. The number of carbonyl (C=O) groups excluding carboxylic acids is 1. The van der Waals surface area contributed by atoms with Gasteiger partial charge in [0.1, 0.15) is 17.3 Å². The van der Waals surface area contributed by atoms with Gasteiger partial charge < -0.3 is 33.5 Å². The van der Waals surface area contributed by atoms with Crippen LogP contribution < -0.4 is 28.4 Å². The van der Waals surface area contributed by atoms with Gasteiger partial charge in [0.25, 0.3) is 0 Å². The van der Waals surface area contributed by atoms with Crippen LogP contribution in [-0.4, -0.2) is 76.3 Å². The topological polar surface area (TPSA) is 99.2 Å². The first kappa shape index (κ1) is 43.9. The Bertz CT molecular complexity index is 2710. The van der Waals surface area contributed by atoms with Crippen LogP contribution in [0.25, 0.3) is 0 Å². The number of phenolic OH excluding ortho intramolecular Hbond substituents is 1. The van der Waals surface area contributed by atoms with Gasteiger partial charge in [-0.2, -0.15) is 0 Å². The molecule has 5 atom stereocenters. The molecule has 5 aromatic rings. The van der Waals surface area contributed by atoms with Crippen LogP contribution in [0.15, 0.2) is 90.5 Å². The number of hydrogen-bond donors (Lipinski definition) is 1. The molecule has 12 rings (SSSR count). The number of methoxy groups -OCH3 is 4. The zero-order chi connectivity index (χ0) is 45.9. The minimum absolute atomic E-state index is 0.000437. The summed E-state index contributed by atoms with van der Waals surface area (Å²) in [5, 5.41) is 9.64. The second-order valence-electron chi connectivity index (χ2n) is 19.3. The lowest BCUT2D eigenvalue weighted by atomic mass is 9.60. The molecule has 5 unspecified atom stereocenters. The fraction of sp³-hybridized carbons (Fsp3) is 0.411. The maximum Gasteiger partial charge on any atom is 0.204 e. The number of benzene rings is 5. The highest BCUT2D eigenvalue weighted by Gasteiger charge is 2.52. The summed E-state index contributed by atoms with van der Waals surface area (Å²) in [4.78, 5) is 17.0. The molecule has 10 heteroatoms. The Hall–Kier alpha value is -5.97. The first-order chi connectivity index (χ1) is 32.0. The summed E-state index contributed by atoms with van der Waals surface area (Å²) >= 11 is 0. The summed E-state index contributed by atoms with van der Waals surface area (Å²) in [6.07, 6.45) is 10.5. The third kappa shape index (κ3) is 7.75. The van der Waals surface area contributed by atoms with Gasteiger partial charge in [-0.15, -0.1) is 0 Å². The van der Waals surface area contributed by atoms with Crippen molar-refractivity contribution >= 4 is 5.78 Å². The molecule has 0 saturated heterocycles. The van der Waals surface area contributed by atoms with Crippen molar-refractivity contribution in [2.45, 2.75) is 82.7 Å². The summed E-state index contributed by atoms with van der Waals surface area (Å²) in [7, 11) is 11.1. The van der Waals surface area contributed by atoms with Gasteiger partial charge >= 0.3 is 0 Å². The van der Waals surface area contributed by atoms with Crippen molar-refractivity contribution in [2.24, 2.45) is 11.3 Å². The molecular formula is C56H62N2O8. The van der Waals surface area contributed by atoms with E-state index < -0.39 is 0 Å². The van der Waals surface area contributed by atoms with Gasteiger partial charge in [-0.25, -0.2) is 0 Å². The van der Waals surface area contributed by atoms with Crippen LogP contribution in [0.2, 0.25) is 0 Å². The molecule has 10 nitrogen and oxygen atoms in total. The van der Waals surface area contributed by atoms with Crippen molar-refractivity contribution in [2.75, 3.05) is 55.6 Å². The van der Waals surface area contributed by atoms with Crippen molar-refractivity contribution in [3.05, 3.63) is 135 Å². The van der Waals surface area contributed by atoms with E-state index in [9.17, 15) is 9.90 Å². The van der Waals surface area contributed by atoms with E-state index in [1.807, 2.05) is 24.3 Å². The molecule has 3 aliphatic carbocycles. The van der Waals surface area contributed by atoms with Crippen LogP contribution in [0.5, 0.6) is 51.7 Å². The zero-order valence-corrected chi connectivity index (χ0v) is 39.4. The lowest BCUT2D eigenvalue weighted by molar-refractivity contribution is -0.126. The molecule has 5 aromatic carbocycles. The Morgan fingerprint density at radius 1 is 0.667 bits per heavy atom. The second kappa shape index (κ2) is 17.7. The van der Waals surface area contributed by atoms with Crippen LogP contribution in [-0.2, 0) is 36.9 Å². The highest BCUT2D eigenvalue weighted by atomic mass is 16.5. The zero-order valence-electron chi connectivity index (χ0n) is 39.4. The number of ether oxygens (including phenoxy) is 6. The maximum atomic E-state index is 12.2. The van der Waals surface area contributed by atoms with Crippen LogP contribution in [0.4, 0.5) is 0 Å². The van der Waals surface area contributed by atoms with Crippen LogP contribution >= 0.6 is 0 Å². The molecule has 4 aliphatic heterocycles. The third-order valence-corrected chi connectivity index (χ3v) is 15.7. The number of carbonyl (C=O) groups is 1. The summed E-state index contributed by atoms with van der Waals surface area (Å²) in [6, 6.07) is 27.0. The van der Waals surface area contributed by atoms with Gasteiger partial charge in [0.2, 0.25) is 5.75 Å². The van der Waals surface area contributed by atoms with Crippen LogP contribution in [0.3, 0.4) is 0 Å². The number of likely N-dealkylation sites (N-methyl/N-ethyl adjacent to an activating group) is 2. The standard InChI is InChI=1S/C38H42N2O6.C18H20O2/c1-39-15-13-25-20-32(42-4)34-22-28(25)29(39)17-23-7-10-27(11-8-23)45-33-19-24(9-12-31(33)41-3)18-30-36-26(14-16-40(30)2)21-35(43-5)37(44-6)38(36)46-34;1-18-9-8-14-13-5-3-12(19)10-11(13)2-4-15(14)16(18)6-7-17(18)20/h7-12,19-22,29-30H,13-18H2,1-6H3;3-5,10,14,16,19H,2,6-9H2,1H3. The molecule has 0 radical (unpaired) electrons. The number of allylic oxidation sites excluding steroid dienone is 2. The van der Waals surface area contributed by atoms with E-state index in [2.05, 4.69) is 85.4 Å². The number of aromatic hydroxyl groups is 1. The number of nitrogens with zero attached hydrogens (tertiary/aromatic N) is 2. The van der Waals surface area contributed by atoms with Gasteiger partial charge in [0, 0.05) is 48.5 Å². The number of ketones is 1. The highest BCUT2D eigenvalue weighted by Crippen LogP contribution is 2.58. The molecule has 6 bridgehead atoms. The van der Waals surface area contributed by atoms with Crippen molar-refractivity contribution in [3.63, 3.8) is 0 Å². The molecule has 344 valence electrons. The molecule has 4 heterocycles. The van der Waals surface area contributed by atoms with Crippen molar-refractivity contribution in [3.8, 4) is 51.7 Å². The Labute approximate surface area is 389 Å². The smallest absolute Gasteiger partial charge is 0.204 e. The lowest BCUT2D eigenvalue weighted by Crippen LogP contribution is -2.37. The number of hydrogen-bond acceptors (Lipinski definition) is 10. The van der Waals surface area contributed by atoms with Crippen molar-refractivity contribution < 1.29 is 38.3 Å². The summed E-state index contributed by atoms with van der Waals surface area (Å²) in [6.45, 7) is 4.04. The van der Waals surface area contributed by atoms with Crippen LogP contribution in [0, 0.1) is 11.3 Å². The first-order valence-corrected chi connectivity index (χ1v) is 23.6. The van der Waals surface area contributed by atoms with Crippen molar-refractivity contribution in [1.29, 1.82) is 0 Å². The van der Waals surface area contributed by atoms with E-state index in [0.717, 1.165) is 87.8 Å². The average Bonchev–Trinajstić information content (AvgIpc) is 3.64. The van der Waals surface area contributed by atoms with Crippen LogP contribution in [0.1, 0.15) is 95.1 Å². The minimum Gasteiger partial charge on any atom is -0.508 e. The Morgan fingerprint density at radius 2 is 1.36 bits per heavy atom. The van der Waals surface area contributed by atoms with E-state index >= 15 is 0 Å².